The van der Waals surface area contributed by atoms with E-state index in [1.165, 1.54) is 40.8 Å². The van der Waals surface area contributed by atoms with Gasteiger partial charge in [0.25, 0.3) is 0 Å². The van der Waals surface area contributed by atoms with E-state index in [9.17, 15) is 0 Å². The SMILES string of the molecule is CCCCC(CC)CC(NCC)c1ccc(Br)s1. The second-order valence-electron chi connectivity index (χ2n) is 4.90. The number of unbranched alkanes of at least 4 members (excludes halogenated alkanes) is 1. The van der Waals surface area contributed by atoms with E-state index >= 15 is 0 Å². The Labute approximate surface area is 125 Å². The molecule has 0 spiro atoms. The summed E-state index contributed by atoms with van der Waals surface area (Å²) in [6.45, 7) is 7.85. The first-order chi connectivity index (χ1) is 8.71. The van der Waals surface area contributed by atoms with Gasteiger partial charge in [0, 0.05) is 10.9 Å². The normalized spacial score (nSPS) is 14.7. The lowest BCUT2D eigenvalue weighted by Crippen LogP contribution is -2.22. The summed E-state index contributed by atoms with van der Waals surface area (Å²) in [6, 6.07) is 4.96. The molecule has 1 aromatic heterocycles. The summed E-state index contributed by atoms with van der Waals surface area (Å²) >= 11 is 5.43. The lowest BCUT2D eigenvalue weighted by atomic mass is 9.91. The maximum atomic E-state index is 3.64. The summed E-state index contributed by atoms with van der Waals surface area (Å²) in [5.41, 5.74) is 0. The Kier molecular flexibility index (Phi) is 8.20. The van der Waals surface area contributed by atoms with E-state index in [1.54, 1.807) is 0 Å². The van der Waals surface area contributed by atoms with Crippen LogP contribution >= 0.6 is 27.3 Å². The maximum Gasteiger partial charge on any atom is 0.0701 e. The zero-order valence-electron chi connectivity index (χ0n) is 11.8. The molecule has 0 radical (unpaired) electrons. The highest BCUT2D eigenvalue weighted by molar-refractivity contribution is 9.11. The summed E-state index contributed by atoms with van der Waals surface area (Å²) in [5, 5.41) is 3.64. The van der Waals surface area contributed by atoms with Crippen LogP contribution in [-0.4, -0.2) is 6.54 Å². The van der Waals surface area contributed by atoms with Crippen LogP contribution in [0.4, 0.5) is 0 Å². The van der Waals surface area contributed by atoms with Gasteiger partial charge in [0.1, 0.15) is 0 Å². The van der Waals surface area contributed by atoms with Gasteiger partial charge < -0.3 is 5.32 Å². The summed E-state index contributed by atoms with van der Waals surface area (Å²) in [6.07, 6.45) is 6.63. The van der Waals surface area contributed by atoms with Crippen LogP contribution in [0.2, 0.25) is 0 Å². The van der Waals surface area contributed by atoms with Gasteiger partial charge in [-0.15, -0.1) is 11.3 Å². The first-order valence-electron chi connectivity index (χ1n) is 7.19. The minimum absolute atomic E-state index is 0.535. The van der Waals surface area contributed by atoms with Crippen molar-refractivity contribution in [1.29, 1.82) is 0 Å². The smallest absolute Gasteiger partial charge is 0.0701 e. The van der Waals surface area contributed by atoms with Crippen molar-refractivity contribution in [3.8, 4) is 0 Å². The molecular weight excluding hydrogens is 306 g/mol. The fraction of sp³-hybridized carbons (Fsp3) is 0.733. The van der Waals surface area contributed by atoms with E-state index in [4.69, 9.17) is 0 Å². The quantitative estimate of drug-likeness (QED) is 0.605. The Morgan fingerprint density at radius 1 is 1.28 bits per heavy atom. The van der Waals surface area contributed by atoms with Crippen molar-refractivity contribution in [2.24, 2.45) is 5.92 Å². The van der Waals surface area contributed by atoms with E-state index in [0.29, 0.717) is 6.04 Å². The summed E-state index contributed by atoms with van der Waals surface area (Å²) in [5.74, 6) is 0.856. The highest BCUT2D eigenvalue weighted by Crippen LogP contribution is 2.32. The molecule has 0 aliphatic carbocycles. The van der Waals surface area contributed by atoms with Crippen molar-refractivity contribution in [1.82, 2.24) is 5.32 Å². The molecule has 18 heavy (non-hydrogen) atoms. The van der Waals surface area contributed by atoms with Crippen molar-refractivity contribution in [3.05, 3.63) is 20.8 Å². The van der Waals surface area contributed by atoms with Crippen molar-refractivity contribution in [2.45, 2.75) is 58.9 Å². The number of rotatable bonds is 9. The molecule has 1 heterocycles. The molecular formula is C15H26BrNS. The van der Waals surface area contributed by atoms with Crippen LogP contribution in [0, 0.1) is 5.92 Å². The van der Waals surface area contributed by atoms with Gasteiger partial charge >= 0.3 is 0 Å². The summed E-state index contributed by atoms with van der Waals surface area (Å²) < 4.78 is 1.24. The van der Waals surface area contributed by atoms with Crippen LogP contribution in [0.15, 0.2) is 15.9 Å². The molecule has 1 nitrogen and oxygen atoms in total. The molecule has 104 valence electrons. The first-order valence-corrected chi connectivity index (χ1v) is 8.80. The molecule has 1 aromatic rings. The minimum atomic E-state index is 0.535. The number of hydrogen-bond acceptors (Lipinski definition) is 2. The monoisotopic (exact) mass is 331 g/mol. The molecule has 2 atom stereocenters. The fourth-order valence-electron chi connectivity index (χ4n) is 2.38. The molecule has 0 aromatic carbocycles. The third-order valence-corrected chi connectivity index (χ3v) is 5.24. The number of nitrogens with one attached hydrogen (secondary N) is 1. The van der Waals surface area contributed by atoms with Gasteiger partial charge in [-0.05, 0) is 46.9 Å². The Morgan fingerprint density at radius 2 is 2.06 bits per heavy atom. The van der Waals surface area contributed by atoms with Crippen LogP contribution < -0.4 is 5.32 Å². The van der Waals surface area contributed by atoms with E-state index < -0.39 is 0 Å². The Hall–Kier alpha value is 0.140. The van der Waals surface area contributed by atoms with Gasteiger partial charge in [0.15, 0.2) is 0 Å². The molecule has 0 bridgehead atoms. The highest BCUT2D eigenvalue weighted by atomic mass is 79.9. The number of halogens is 1. The third kappa shape index (κ3) is 5.41. The van der Waals surface area contributed by atoms with Gasteiger partial charge in [-0.25, -0.2) is 0 Å². The van der Waals surface area contributed by atoms with E-state index in [0.717, 1.165) is 12.5 Å². The fourth-order valence-corrected chi connectivity index (χ4v) is 3.89. The standard InChI is InChI=1S/C15H26BrNS/c1-4-7-8-12(5-2)11-13(17-6-3)14-9-10-15(16)18-14/h9-10,12-13,17H,4-8,11H2,1-3H3. The van der Waals surface area contributed by atoms with E-state index in [1.807, 2.05) is 11.3 Å². The maximum absolute atomic E-state index is 3.64. The molecule has 2 unspecified atom stereocenters. The Bertz CT molecular complexity index is 324. The van der Waals surface area contributed by atoms with E-state index in [-0.39, 0.29) is 0 Å². The molecule has 0 amide bonds. The zero-order valence-corrected chi connectivity index (χ0v) is 14.2. The molecule has 0 aliphatic heterocycles. The topological polar surface area (TPSA) is 12.0 Å². The third-order valence-electron chi connectivity index (χ3n) is 3.50. The van der Waals surface area contributed by atoms with Crippen LogP contribution in [0.5, 0.6) is 0 Å². The molecule has 1 rings (SSSR count). The molecule has 0 fully saturated rings. The summed E-state index contributed by atoms with van der Waals surface area (Å²) in [4.78, 5) is 1.47. The van der Waals surface area contributed by atoms with Crippen molar-refractivity contribution >= 4 is 27.3 Å². The largest absolute Gasteiger partial charge is 0.310 e. The second kappa shape index (κ2) is 9.11. The molecule has 1 N–H and O–H groups in total. The lowest BCUT2D eigenvalue weighted by Gasteiger charge is -2.22. The number of thiophene rings is 1. The first kappa shape index (κ1) is 16.2. The Balaban J connectivity index is 2.60. The summed E-state index contributed by atoms with van der Waals surface area (Å²) in [7, 11) is 0. The molecule has 3 heteroatoms. The molecule has 0 aliphatic rings. The van der Waals surface area contributed by atoms with Gasteiger partial charge in [-0.2, -0.15) is 0 Å². The van der Waals surface area contributed by atoms with Crippen LogP contribution in [0.25, 0.3) is 0 Å². The average molecular weight is 332 g/mol. The minimum Gasteiger partial charge on any atom is -0.310 e. The molecule has 0 saturated carbocycles. The van der Waals surface area contributed by atoms with Crippen LogP contribution in [0.1, 0.15) is 63.8 Å². The van der Waals surface area contributed by atoms with Crippen molar-refractivity contribution in [3.63, 3.8) is 0 Å². The lowest BCUT2D eigenvalue weighted by molar-refractivity contribution is 0.359. The highest BCUT2D eigenvalue weighted by Gasteiger charge is 2.17. The van der Waals surface area contributed by atoms with Crippen molar-refractivity contribution in [2.75, 3.05) is 6.54 Å². The second-order valence-corrected chi connectivity index (χ2v) is 7.40. The van der Waals surface area contributed by atoms with Crippen molar-refractivity contribution < 1.29 is 0 Å². The van der Waals surface area contributed by atoms with Gasteiger partial charge in [0.05, 0.1) is 3.79 Å². The Morgan fingerprint density at radius 3 is 2.56 bits per heavy atom. The average Bonchev–Trinajstić information content (AvgIpc) is 2.80. The van der Waals surface area contributed by atoms with Gasteiger partial charge in [0.2, 0.25) is 0 Å². The van der Waals surface area contributed by atoms with Crippen LogP contribution in [-0.2, 0) is 0 Å². The van der Waals surface area contributed by atoms with E-state index in [2.05, 4.69) is 54.2 Å². The molecule has 0 saturated heterocycles. The number of hydrogen-bond donors (Lipinski definition) is 1. The van der Waals surface area contributed by atoms with Gasteiger partial charge in [-0.1, -0.05) is 46.5 Å². The predicted molar refractivity (Wildman–Crippen MR) is 86.4 cm³/mol. The van der Waals surface area contributed by atoms with Crippen LogP contribution in [0.3, 0.4) is 0 Å². The van der Waals surface area contributed by atoms with Gasteiger partial charge in [-0.3, -0.25) is 0 Å². The predicted octanol–water partition coefficient (Wildman–Crippen LogP) is 5.77. The zero-order chi connectivity index (χ0) is 13.4.